The van der Waals surface area contributed by atoms with Crippen LogP contribution in [-0.4, -0.2) is 19.7 Å². The number of hydrogen-bond acceptors (Lipinski definition) is 5. The summed E-state index contributed by atoms with van der Waals surface area (Å²) in [7, 11) is 0. The van der Waals surface area contributed by atoms with Crippen molar-refractivity contribution in [2.24, 2.45) is 0 Å². The van der Waals surface area contributed by atoms with E-state index >= 15 is 0 Å². The van der Waals surface area contributed by atoms with Gasteiger partial charge in [0, 0.05) is 11.6 Å². The monoisotopic (exact) mass is 341 g/mol. The Morgan fingerprint density at radius 1 is 0.962 bits per heavy atom. The SMILES string of the molecule is c1ccc(Cn2cc(Nc3ncnc4c3oc3ccccc34)cn2)cc1. The van der Waals surface area contributed by atoms with Gasteiger partial charge in [-0.2, -0.15) is 5.10 Å². The first kappa shape index (κ1) is 14.7. The molecule has 26 heavy (non-hydrogen) atoms. The largest absolute Gasteiger partial charge is 0.450 e. The quantitative estimate of drug-likeness (QED) is 0.526. The molecule has 6 nitrogen and oxygen atoms in total. The predicted octanol–water partition coefficient (Wildman–Crippen LogP) is 4.36. The van der Waals surface area contributed by atoms with Gasteiger partial charge in [-0.15, -0.1) is 0 Å². The smallest absolute Gasteiger partial charge is 0.196 e. The number of fused-ring (bicyclic) bond motifs is 3. The van der Waals surface area contributed by atoms with Crippen LogP contribution in [0.1, 0.15) is 5.56 Å². The van der Waals surface area contributed by atoms with Crippen molar-refractivity contribution in [1.29, 1.82) is 0 Å². The number of para-hydroxylation sites is 1. The van der Waals surface area contributed by atoms with Gasteiger partial charge in [0.05, 0.1) is 18.4 Å². The summed E-state index contributed by atoms with van der Waals surface area (Å²) in [6.07, 6.45) is 5.27. The number of anilines is 2. The van der Waals surface area contributed by atoms with Crippen molar-refractivity contribution >= 4 is 33.6 Å². The fourth-order valence-electron chi connectivity index (χ4n) is 3.03. The summed E-state index contributed by atoms with van der Waals surface area (Å²) in [5, 5.41) is 8.68. The zero-order valence-corrected chi connectivity index (χ0v) is 13.8. The maximum Gasteiger partial charge on any atom is 0.196 e. The number of furan rings is 1. The average Bonchev–Trinajstić information content (AvgIpc) is 3.27. The van der Waals surface area contributed by atoms with Gasteiger partial charge in [0.1, 0.15) is 17.4 Å². The summed E-state index contributed by atoms with van der Waals surface area (Å²) in [5.74, 6) is 0.630. The van der Waals surface area contributed by atoms with Crippen molar-refractivity contribution in [3.63, 3.8) is 0 Å². The summed E-state index contributed by atoms with van der Waals surface area (Å²) in [6, 6.07) is 18.1. The highest BCUT2D eigenvalue weighted by molar-refractivity contribution is 6.05. The van der Waals surface area contributed by atoms with E-state index in [1.807, 2.05) is 53.3 Å². The molecular weight excluding hydrogens is 326 g/mol. The first-order chi connectivity index (χ1) is 12.9. The van der Waals surface area contributed by atoms with E-state index < -0.39 is 0 Å². The van der Waals surface area contributed by atoms with Gasteiger partial charge >= 0.3 is 0 Å². The van der Waals surface area contributed by atoms with E-state index in [0.29, 0.717) is 17.9 Å². The van der Waals surface area contributed by atoms with Crippen molar-refractivity contribution in [2.45, 2.75) is 6.54 Å². The van der Waals surface area contributed by atoms with Crippen LogP contribution in [0.3, 0.4) is 0 Å². The van der Waals surface area contributed by atoms with Crippen LogP contribution in [0.2, 0.25) is 0 Å². The Kier molecular flexibility index (Phi) is 3.38. The van der Waals surface area contributed by atoms with Crippen LogP contribution in [0.25, 0.3) is 22.1 Å². The van der Waals surface area contributed by atoms with Crippen LogP contribution < -0.4 is 5.32 Å². The Morgan fingerprint density at radius 3 is 2.73 bits per heavy atom. The lowest BCUT2D eigenvalue weighted by molar-refractivity contribution is 0.667. The van der Waals surface area contributed by atoms with Crippen LogP contribution in [0.5, 0.6) is 0 Å². The van der Waals surface area contributed by atoms with Gasteiger partial charge in [-0.3, -0.25) is 4.68 Å². The van der Waals surface area contributed by atoms with Crippen molar-refractivity contribution < 1.29 is 4.42 Å². The topological polar surface area (TPSA) is 68.8 Å². The molecule has 1 N–H and O–H groups in total. The molecule has 0 unspecified atom stereocenters. The van der Waals surface area contributed by atoms with Gasteiger partial charge in [-0.05, 0) is 17.7 Å². The molecule has 0 atom stereocenters. The lowest BCUT2D eigenvalue weighted by atomic mass is 10.2. The number of nitrogens with zero attached hydrogens (tertiary/aromatic N) is 4. The molecule has 0 amide bonds. The Hall–Kier alpha value is -3.67. The molecule has 5 rings (SSSR count). The molecule has 2 aromatic carbocycles. The van der Waals surface area contributed by atoms with Crippen LogP contribution >= 0.6 is 0 Å². The van der Waals surface area contributed by atoms with Gasteiger partial charge < -0.3 is 9.73 Å². The van der Waals surface area contributed by atoms with Crippen molar-refractivity contribution in [2.75, 3.05) is 5.32 Å². The average molecular weight is 341 g/mol. The Bertz CT molecular complexity index is 1190. The predicted molar refractivity (Wildman–Crippen MR) is 100 cm³/mol. The van der Waals surface area contributed by atoms with Crippen LogP contribution in [0.15, 0.2) is 77.7 Å². The maximum absolute atomic E-state index is 5.94. The first-order valence-electron chi connectivity index (χ1n) is 8.32. The van der Waals surface area contributed by atoms with Crippen molar-refractivity contribution in [3.8, 4) is 0 Å². The third-order valence-corrected chi connectivity index (χ3v) is 4.24. The normalized spacial score (nSPS) is 11.2. The van der Waals surface area contributed by atoms with Gasteiger partial charge in [0.25, 0.3) is 0 Å². The summed E-state index contributed by atoms with van der Waals surface area (Å²) >= 11 is 0. The van der Waals surface area contributed by atoms with E-state index in [4.69, 9.17) is 4.42 Å². The van der Waals surface area contributed by atoms with Crippen LogP contribution in [-0.2, 0) is 6.54 Å². The molecule has 3 heterocycles. The van der Waals surface area contributed by atoms with Gasteiger partial charge in [0.2, 0.25) is 0 Å². The van der Waals surface area contributed by atoms with E-state index in [0.717, 1.165) is 22.2 Å². The third-order valence-electron chi connectivity index (χ3n) is 4.24. The molecule has 0 saturated carbocycles. The molecule has 5 aromatic rings. The lowest BCUT2D eigenvalue weighted by Gasteiger charge is -2.03. The zero-order valence-electron chi connectivity index (χ0n) is 13.8. The number of nitrogens with one attached hydrogen (secondary N) is 1. The second-order valence-electron chi connectivity index (χ2n) is 6.04. The Labute approximate surface area is 149 Å². The summed E-state index contributed by atoms with van der Waals surface area (Å²) in [4.78, 5) is 8.70. The highest BCUT2D eigenvalue weighted by atomic mass is 16.3. The second kappa shape index (κ2) is 6.00. The molecule has 0 fully saturated rings. The summed E-state index contributed by atoms with van der Waals surface area (Å²) in [5.41, 5.74) is 4.29. The molecule has 0 aliphatic carbocycles. The zero-order chi connectivity index (χ0) is 17.3. The molecule has 0 spiro atoms. The lowest BCUT2D eigenvalue weighted by Crippen LogP contribution is -1.99. The van der Waals surface area contributed by atoms with E-state index in [9.17, 15) is 0 Å². The van der Waals surface area contributed by atoms with Gasteiger partial charge in [0.15, 0.2) is 11.4 Å². The van der Waals surface area contributed by atoms with E-state index in [1.54, 1.807) is 12.5 Å². The number of hydrogen-bond donors (Lipinski definition) is 1. The summed E-state index contributed by atoms with van der Waals surface area (Å²) in [6.45, 7) is 0.715. The molecule has 0 aliphatic heterocycles. The number of aromatic nitrogens is 4. The maximum atomic E-state index is 5.94. The fraction of sp³-hybridized carbons (Fsp3) is 0.0500. The first-order valence-corrected chi connectivity index (χ1v) is 8.32. The van der Waals surface area contributed by atoms with E-state index in [2.05, 4.69) is 32.5 Å². The molecule has 6 heteroatoms. The van der Waals surface area contributed by atoms with E-state index in [1.165, 1.54) is 5.56 Å². The minimum absolute atomic E-state index is 0.630. The third kappa shape index (κ3) is 2.57. The number of rotatable bonds is 4. The Balaban J connectivity index is 1.46. The molecule has 0 radical (unpaired) electrons. The molecular formula is C20H15N5O. The molecule has 3 aromatic heterocycles. The fourth-order valence-corrected chi connectivity index (χ4v) is 3.03. The minimum Gasteiger partial charge on any atom is -0.450 e. The highest BCUT2D eigenvalue weighted by Gasteiger charge is 2.13. The standard InChI is InChI=1S/C20H15N5O/c1-2-6-14(7-3-1)11-25-12-15(10-23-25)24-20-19-18(21-13-22-20)16-8-4-5-9-17(16)26-19/h1-10,12-13H,11H2,(H,21,22,24). The van der Waals surface area contributed by atoms with Crippen molar-refractivity contribution in [3.05, 3.63) is 78.9 Å². The van der Waals surface area contributed by atoms with Crippen LogP contribution in [0, 0.1) is 0 Å². The van der Waals surface area contributed by atoms with Gasteiger partial charge in [-0.1, -0.05) is 42.5 Å². The Morgan fingerprint density at radius 2 is 1.81 bits per heavy atom. The molecule has 0 saturated heterocycles. The van der Waals surface area contributed by atoms with Crippen molar-refractivity contribution in [1.82, 2.24) is 19.7 Å². The number of benzene rings is 2. The van der Waals surface area contributed by atoms with Gasteiger partial charge in [-0.25, -0.2) is 9.97 Å². The highest BCUT2D eigenvalue weighted by Crippen LogP contribution is 2.31. The molecule has 126 valence electrons. The summed E-state index contributed by atoms with van der Waals surface area (Å²) < 4.78 is 7.83. The second-order valence-corrected chi connectivity index (χ2v) is 6.04. The molecule has 0 aliphatic rings. The van der Waals surface area contributed by atoms with E-state index in [-0.39, 0.29) is 0 Å². The molecule has 0 bridgehead atoms. The minimum atomic E-state index is 0.630. The van der Waals surface area contributed by atoms with Crippen LogP contribution in [0.4, 0.5) is 11.5 Å².